The van der Waals surface area contributed by atoms with Crippen molar-refractivity contribution in [2.75, 3.05) is 0 Å². The summed E-state index contributed by atoms with van der Waals surface area (Å²) in [5.74, 6) is -0.0668. The molecule has 0 spiro atoms. The molecule has 0 unspecified atom stereocenters. The van der Waals surface area contributed by atoms with Gasteiger partial charge in [0, 0.05) is 6.42 Å². The van der Waals surface area contributed by atoms with Crippen LogP contribution < -0.4 is 0 Å². The molecular weight excluding hydrogens is 308 g/mol. The van der Waals surface area contributed by atoms with E-state index in [1.165, 1.54) is 50.5 Å². The van der Waals surface area contributed by atoms with Crippen LogP contribution in [0.3, 0.4) is 0 Å². The fourth-order valence-electron chi connectivity index (χ4n) is 2.92. The second kappa shape index (κ2) is 12.1. The number of rotatable bonds is 12. The minimum absolute atomic E-state index is 0.0668. The van der Waals surface area contributed by atoms with Crippen LogP contribution >= 0.6 is 0 Å². The highest BCUT2D eigenvalue weighted by molar-refractivity contribution is 5.69. The van der Waals surface area contributed by atoms with E-state index in [0.717, 1.165) is 18.4 Å². The molecule has 2 heteroatoms. The number of carbonyl (C=O) groups is 1. The summed E-state index contributed by atoms with van der Waals surface area (Å²) in [6, 6.07) is 8.38. The fraction of sp³-hybridized carbons (Fsp3) is 0.696. The van der Waals surface area contributed by atoms with Crippen LogP contribution in [0.25, 0.3) is 0 Å². The normalized spacial score (nSPS) is 11.5. The van der Waals surface area contributed by atoms with Crippen molar-refractivity contribution in [1.29, 1.82) is 0 Å². The van der Waals surface area contributed by atoms with Crippen LogP contribution in [0.1, 0.15) is 103 Å². The van der Waals surface area contributed by atoms with Crippen LogP contribution in [0.5, 0.6) is 0 Å². The van der Waals surface area contributed by atoms with Crippen molar-refractivity contribution in [3.05, 3.63) is 35.4 Å². The Morgan fingerprint density at radius 3 is 1.88 bits per heavy atom. The number of benzene rings is 1. The predicted molar refractivity (Wildman–Crippen MR) is 107 cm³/mol. The molecule has 0 aliphatic carbocycles. The number of ether oxygens (including phenoxy) is 1. The van der Waals surface area contributed by atoms with Gasteiger partial charge in [-0.1, -0.05) is 103 Å². The van der Waals surface area contributed by atoms with Gasteiger partial charge in [-0.15, -0.1) is 0 Å². The maximum Gasteiger partial charge on any atom is 0.306 e. The van der Waals surface area contributed by atoms with Gasteiger partial charge in [-0.25, -0.2) is 0 Å². The Hall–Kier alpha value is -1.31. The van der Waals surface area contributed by atoms with Gasteiger partial charge >= 0.3 is 5.97 Å². The van der Waals surface area contributed by atoms with Crippen molar-refractivity contribution >= 4 is 5.97 Å². The Bertz CT molecular complexity index is 468. The van der Waals surface area contributed by atoms with Gasteiger partial charge in [0.25, 0.3) is 0 Å². The minimum Gasteiger partial charge on any atom is -0.461 e. The molecule has 0 amide bonds. The zero-order valence-electron chi connectivity index (χ0n) is 16.9. The molecule has 1 aromatic carbocycles. The lowest BCUT2D eigenvalue weighted by Gasteiger charge is -2.19. The van der Waals surface area contributed by atoms with Crippen LogP contribution in [0, 0.1) is 0 Å². The van der Waals surface area contributed by atoms with Gasteiger partial charge < -0.3 is 4.74 Å². The summed E-state index contributed by atoms with van der Waals surface area (Å²) in [6.45, 7) is 9.24. The van der Waals surface area contributed by atoms with Crippen LogP contribution in [-0.4, -0.2) is 5.97 Å². The standard InChI is InChI=1S/C23H38O2/c1-5-6-7-8-9-10-11-12-13-14-22(24)25-19-20-15-17-21(18-16-20)23(2,3)4/h15-18H,5-14,19H2,1-4H3. The second-order valence-electron chi connectivity index (χ2n) is 8.19. The third-order valence-electron chi connectivity index (χ3n) is 4.70. The zero-order valence-corrected chi connectivity index (χ0v) is 16.9. The van der Waals surface area contributed by atoms with Crippen molar-refractivity contribution in [2.45, 2.75) is 104 Å². The third kappa shape index (κ3) is 10.3. The molecule has 1 rings (SSSR count). The lowest BCUT2D eigenvalue weighted by atomic mass is 9.87. The number of hydrogen-bond acceptors (Lipinski definition) is 2. The quantitative estimate of drug-likeness (QED) is 0.302. The Balaban J connectivity index is 2.07. The molecule has 0 aromatic heterocycles. The molecule has 2 nitrogen and oxygen atoms in total. The van der Waals surface area contributed by atoms with E-state index in [1.807, 2.05) is 0 Å². The maximum absolute atomic E-state index is 11.8. The van der Waals surface area contributed by atoms with Crippen molar-refractivity contribution < 1.29 is 9.53 Å². The summed E-state index contributed by atoms with van der Waals surface area (Å²) in [4.78, 5) is 11.8. The van der Waals surface area contributed by atoms with Gasteiger partial charge in [-0.3, -0.25) is 4.79 Å². The summed E-state index contributed by atoms with van der Waals surface area (Å²) in [5.41, 5.74) is 2.52. The Morgan fingerprint density at radius 2 is 1.36 bits per heavy atom. The molecule has 0 aliphatic rings. The lowest BCUT2D eigenvalue weighted by Crippen LogP contribution is -2.11. The fourth-order valence-corrected chi connectivity index (χ4v) is 2.92. The topological polar surface area (TPSA) is 26.3 Å². The highest BCUT2D eigenvalue weighted by atomic mass is 16.5. The Labute approximate surface area is 155 Å². The molecule has 142 valence electrons. The third-order valence-corrected chi connectivity index (χ3v) is 4.70. The Morgan fingerprint density at radius 1 is 0.840 bits per heavy atom. The first-order valence-corrected chi connectivity index (χ1v) is 10.2. The second-order valence-corrected chi connectivity index (χ2v) is 8.19. The van der Waals surface area contributed by atoms with Gasteiger partial charge in [-0.05, 0) is 23.0 Å². The summed E-state index contributed by atoms with van der Waals surface area (Å²) >= 11 is 0. The SMILES string of the molecule is CCCCCCCCCCCC(=O)OCc1ccc(C(C)(C)C)cc1. The van der Waals surface area contributed by atoms with Gasteiger partial charge in [0.2, 0.25) is 0 Å². The Kier molecular flexibility index (Phi) is 10.5. The summed E-state index contributed by atoms with van der Waals surface area (Å²) in [7, 11) is 0. The molecule has 25 heavy (non-hydrogen) atoms. The van der Waals surface area contributed by atoms with Crippen molar-refractivity contribution in [2.24, 2.45) is 0 Å². The van der Waals surface area contributed by atoms with Crippen LogP contribution in [0.4, 0.5) is 0 Å². The highest BCUT2D eigenvalue weighted by Crippen LogP contribution is 2.22. The maximum atomic E-state index is 11.8. The zero-order chi connectivity index (χ0) is 18.5. The van der Waals surface area contributed by atoms with Crippen molar-refractivity contribution in [1.82, 2.24) is 0 Å². The molecular formula is C23H38O2. The first-order chi connectivity index (χ1) is 11.9. The van der Waals surface area contributed by atoms with Crippen molar-refractivity contribution in [3.8, 4) is 0 Å². The van der Waals surface area contributed by atoms with E-state index in [4.69, 9.17) is 4.74 Å². The predicted octanol–water partition coefficient (Wildman–Crippen LogP) is 6.95. The first kappa shape index (κ1) is 21.7. The summed E-state index contributed by atoms with van der Waals surface area (Å²) < 4.78 is 5.39. The summed E-state index contributed by atoms with van der Waals surface area (Å²) in [6.07, 6.45) is 12.0. The molecule has 0 saturated carbocycles. The van der Waals surface area contributed by atoms with Crippen molar-refractivity contribution in [3.63, 3.8) is 0 Å². The van der Waals surface area contributed by atoms with E-state index in [1.54, 1.807) is 0 Å². The van der Waals surface area contributed by atoms with Crippen LogP contribution in [0.15, 0.2) is 24.3 Å². The average molecular weight is 347 g/mol. The molecule has 0 bridgehead atoms. The minimum atomic E-state index is -0.0668. The number of carbonyl (C=O) groups excluding carboxylic acids is 1. The molecule has 0 saturated heterocycles. The van der Waals surface area contributed by atoms with Gasteiger partial charge in [0.1, 0.15) is 6.61 Å². The van der Waals surface area contributed by atoms with E-state index in [9.17, 15) is 4.79 Å². The number of unbranched alkanes of at least 4 members (excludes halogenated alkanes) is 8. The number of hydrogen-bond donors (Lipinski definition) is 0. The highest BCUT2D eigenvalue weighted by Gasteiger charge is 2.13. The van der Waals surface area contributed by atoms with E-state index < -0.39 is 0 Å². The first-order valence-electron chi connectivity index (χ1n) is 10.2. The lowest BCUT2D eigenvalue weighted by molar-refractivity contribution is -0.145. The molecule has 1 aromatic rings. The van der Waals surface area contributed by atoms with E-state index in [0.29, 0.717) is 13.0 Å². The largest absolute Gasteiger partial charge is 0.461 e. The van der Waals surface area contributed by atoms with E-state index in [2.05, 4.69) is 52.0 Å². The molecule has 0 heterocycles. The van der Waals surface area contributed by atoms with E-state index >= 15 is 0 Å². The van der Waals surface area contributed by atoms with E-state index in [-0.39, 0.29) is 11.4 Å². The monoisotopic (exact) mass is 346 g/mol. The molecule has 0 fully saturated rings. The van der Waals surface area contributed by atoms with Gasteiger partial charge in [0.15, 0.2) is 0 Å². The molecule has 0 radical (unpaired) electrons. The van der Waals surface area contributed by atoms with Gasteiger partial charge in [-0.2, -0.15) is 0 Å². The van der Waals surface area contributed by atoms with Crippen LogP contribution in [0.2, 0.25) is 0 Å². The van der Waals surface area contributed by atoms with Gasteiger partial charge in [0.05, 0.1) is 0 Å². The molecule has 0 aliphatic heterocycles. The average Bonchev–Trinajstić information content (AvgIpc) is 2.58. The van der Waals surface area contributed by atoms with Crippen LogP contribution in [-0.2, 0) is 21.6 Å². The number of esters is 1. The molecule has 0 N–H and O–H groups in total. The smallest absolute Gasteiger partial charge is 0.306 e. The molecule has 0 atom stereocenters. The summed E-state index contributed by atoms with van der Waals surface area (Å²) in [5, 5.41) is 0.